The molecule has 0 spiro atoms. The van der Waals surface area contributed by atoms with Crippen LogP contribution >= 0.6 is 11.6 Å². The lowest BCUT2D eigenvalue weighted by molar-refractivity contribution is -0.147. The van der Waals surface area contributed by atoms with E-state index in [0.717, 1.165) is 16.9 Å². The monoisotopic (exact) mass is 382 g/mol. The van der Waals surface area contributed by atoms with Gasteiger partial charge < -0.3 is 14.2 Å². The van der Waals surface area contributed by atoms with Crippen molar-refractivity contribution in [1.82, 2.24) is 0 Å². The maximum absolute atomic E-state index is 12.0. The lowest BCUT2D eigenvalue weighted by Crippen LogP contribution is -2.15. The molecule has 0 radical (unpaired) electrons. The number of esters is 1. The van der Waals surface area contributed by atoms with Gasteiger partial charge in [-0.1, -0.05) is 48.0 Å². The normalized spacial score (nSPS) is 10.3. The minimum Gasteiger partial charge on any atom is -0.482 e. The zero-order valence-electron chi connectivity index (χ0n) is 14.9. The van der Waals surface area contributed by atoms with E-state index in [-0.39, 0.29) is 13.2 Å². The van der Waals surface area contributed by atoms with Crippen molar-refractivity contribution in [3.05, 3.63) is 88.9 Å². The zero-order valence-corrected chi connectivity index (χ0v) is 15.6. The van der Waals surface area contributed by atoms with Gasteiger partial charge in [-0.15, -0.1) is 0 Å². The molecule has 0 saturated carbocycles. The van der Waals surface area contributed by atoms with Gasteiger partial charge in [0.2, 0.25) is 0 Å². The molecule has 3 aromatic carbocycles. The molecule has 0 aliphatic heterocycles. The van der Waals surface area contributed by atoms with Gasteiger partial charge in [0.15, 0.2) is 6.61 Å². The third-order valence-electron chi connectivity index (χ3n) is 3.81. The summed E-state index contributed by atoms with van der Waals surface area (Å²) in [5.74, 6) is 1.51. The number of hydrogen-bond donors (Lipinski definition) is 0. The van der Waals surface area contributed by atoms with Crippen LogP contribution in [0.2, 0.25) is 5.02 Å². The highest BCUT2D eigenvalue weighted by molar-refractivity contribution is 6.30. The third kappa shape index (κ3) is 5.50. The summed E-state index contributed by atoms with van der Waals surface area (Å²) in [4.78, 5) is 12.0. The van der Waals surface area contributed by atoms with Crippen molar-refractivity contribution in [1.29, 1.82) is 0 Å². The summed E-state index contributed by atoms with van der Waals surface area (Å²) in [6.45, 7) is 1.79. The van der Waals surface area contributed by atoms with Crippen LogP contribution in [0.15, 0.2) is 72.8 Å². The fourth-order valence-corrected chi connectivity index (χ4v) is 2.68. The van der Waals surface area contributed by atoms with E-state index in [1.54, 1.807) is 18.2 Å². The molecule has 4 nitrogen and oxygen atoms in total. The van der Waals surface area contributed by atoms with Gasteiger partial charge in [0.25, 0.3) is 0 Å². The van der Waals surface area contributed by atoms with E-state index in [4.69, 9.17) is 25.8 Å². The van der Waals surface area contributed by atoms with Crippen LogP contribution in [0.4, 0.5) is 0 Å². The van der Waals surface area contributed by atoms with Crippen molar-refractivity contribution in [3.63, 3.8) is 0 Å². The van der Waals surface area contributed by atoms with Gasteiger partial charge in [0.05, 0.1) is 0 Å². The molecule has 3 aromatic rings. The van der Waals surface area contributed by atoms with Crippen molar-refractivity contribution in [2.24, 2.45) is 0 Å². The Morgan fingerprint density at radius 3 is 2.44 bits per heavy atom. The molecule has 0 aliphatic carbocycles. The molecule has 0 N–H and O–H groups in total. The first kappa shape index (κ1) is 18.8. The molecule has 27 heavy (non-hydrogen) atoms. The van der Waals surface area contributed by atoms with Gasteiger partial charge in [-0.05, 0) is 48.9 Å². The summed E-state index contributed by atoms with van der Waals surface area (Å²) in [6, 6.07) is 22.1. The first-order valence-corrected chi connectivity index (χ1v) is 8.85. The van der Waals surface area contributed by atoms with Gasteiger partial charge in [-0.25, -0.2) is 4.79 Å². The van der Waals surface area contributed by atoms with E-state index < -0.39 is 5.97 Å². The Kier molecular flexibility index (Phi) is 6.34. The second-order valence-corrected chi connectivity index (χ2v) is 6.32. The van der Waals surface area contributed by atoms with Crippen LogP contribution in [0, 0.1) is 6.92 Å². The van der Waals surface area contributed by atoms with E-state index in [1.807, 2.05) is 61.5 Å². The van der Waals surface area contributed by atoms with Crippen molar-refractivity contribution >= 4 is 17.6 Å². The number of rotatable bonds is 7. The van der Waals surface area contributed by atoms with E-state index in [0.29, 0.717) is 16.5 Å². The SMILES string of the molecule is Cc1cc(Cl)ccc1OCC(=O)OCc1ccccc1Oc1ccccc1. The van der Waals surface area contributed by atoms with Gasteiger partial charge in [0, 0.05) is 10.6 Å². The Hall–Kier alpha value is -2.98. The number of para-hydroxylation sites is 2. The van der Waals surface area contributed by atoms with Crippen LogP contribution < -0.4 is 9.47 Å². The summed E-state index contributed by atoms with van der Waals surface area (Å²) < 4.78 is 16.7. The Balaban J connectivity index is 1.56. The van der Waals surface area contributed by atoms with Crippen LogP contribution in [-0.4, -0.2) is 12.6 Å². The van der Waals surface area contributed by atoms with Crippen LogP contribution in [0.3, 0.4) is 0 Å². The number of carbonyl (C=O) groups is 1. The van der Waals surface area contributed by atoms with Gasteiger partial charge >= 0.3 is 5.97 Å². The summed E-state index contributed by atoms with van der Waals surface area (Å²) >= 11 is 5.91. The third-order valence-corrected chi connectivity index (χ3v) is 4.05. The Labute approximate surface area is 163 Å². The van der Waals surface area contributed by atoms with Crippen LogP contribution in [0.5, 0.6) is 17.2 Å². The number of halogens is 1. The van der Waals surface area contributed by atoms with Crippen LogP contribution in [-0.2, 0) is 16.1 Å². The van der Waals surface area contributed by atoms with Crippen molar-refractivity contribution in [3.8, 4) is 17.2 Å². The maximum atomic E-state index is 12.0. The van der Waals surface area contributed by atoms with Crippen LogP contribution in [0.1, 0.15) is 11.1 Å². The van der Waals surface area contributed by atoms with E-state index in [9.17, 15) is 4.79 Å². The maximum Gasteiger partial charge on any atom is 0.344 e. The molecule has 0 fully saturated rings. The van der Waals surface area contributed by atoms with Crippen molar-refractivity contribution in [2.75, 3.05) is 6.61 Å². The molecular formula is C22H19ClO4. The highest BCUT2D eigenvalue weighted by atomic mass is 35.5. The molecule has 0 aliphatic rings. The minimum atomic E-state index is -0.459. The first-order valence-electron chi connectivity index (χ1n) is 8.47. The second-order valence-electron chi connectivity index (χ2n) is 5.88. The van der Waals surface area contributed by atoms with Crippen molar-refractivity contribution in [2.45, 2.75) is 13.5 Å². The fourth-order valence-electron chi connectivity index (χ4n) is 2.45. The number of hydrogen-bond acceptors (Lipinski definition) is 4. The summed E-state index contributed by atoms with van der Waals surface area (Å²) in [6.07, 6.45) is 0. The number of benzene rings is 3. The topological polar surface area (TPSA) is 44.8 Å². The molecule has 0 heterocycles. The zero-order chi connectivity index (χ0) is 19.1. The highest BCUT2D eigenvalue weighted by Crippen LogP contribution is 2.26. The predicted molar refractivity (Wildman–Crippen MR) is 104 cm³/mol. The number of aryl methyl sites for hydroxylation is 1. The largest absolute Gasteiger partial charge is 0.482 e. The van der Waals surface area contributed by atoms with Crippen molar-refractivity contribution < 1.29 is 19.0 Å². The van der Waals surface area contributed by atoms with Crippen LogP contribution in [0.25, 0.3) is 0 Å². The van der Waals surface area contributed by atoms with Gasteiger partial charge in [0.1, 0.15) is 23.9 Å². The average Bonchev–Trinajstić information content (AvgIpc) is 2.67. The highest BCUT2D eigenvalue weighted by Gasteiger charge is 2.10. The summed E-state index contributed by atoms with van der Waals surface area (Å²) in [5.41, 5.74) is 1.63. The molecule has 0 saturated heterocycles. The Morgan fingerprint density at radius 2 is 1.67 bits per heavy atom. The second kappa shape index (κ2) is 9.10. The van der Waals surface area contributed by atoms with E-state index in [2.05, 4.69) is 0 Å². The Morgan fingerprint density at radius 1 is 0.926 bits per heavy atom. The number of ether oxygens (including phenoxy) is 3. The molecule has 0 unspecified atom stereocenters. The summed E-state index contributed by atoms with van der Waals surface area (Å²) in [7, 11) is 0. The molecule has 0 atom stereocenters. The Bertz CT molecular complexity index is 909. The van der Waals surface area contributed by atoms with Gasteiger partial charge in [-0.3, -0.25) is 0 Å². The molecule has 0 aromatic heterocycles. The molecular weight excluding hydrogens is 364 g/mol. The molecule has 5 heteroatoms. The standard InChI is InChI=1S/C22H19ClO4/c1-16-13-18(23)11-12-20(16)25-15-22(24)26-14-17-7-5-6-10-21(17)27-19-8-3-2-4-9-19/h2-13H,14-15H2,1H3. The lowest BCUT2D eigenvalue weighted by Gasteiger charge is -2.12. The molecule has 0 amide bonds. The minimum absolute atomic E-state index is 0.102. The molecule has 3 rings (SSSR count). The first-order chi connectivity index (χ1) is 13.1. The molecule has 138 valence electrons. The summed E-state index contributed by atoms with van der Waals surface area (Å²) in [5, 5.41) is 0.623. The average molecular weight is 383 g/mol. The van der Waals surface area contributed by atoms with Gasteiger partial charge in [-0.2, -0.15) is 0 Å². The lowest BCUT2D eigenvalue weighted by atomic mass is 10.2. The molecule has 0 bridgehead atoms. The fraction of sp³-hybridized carbons (Fsp3) is 0.136. The predicted octanol–water partition coefficient (Wildman–Crippen LogP) is 5.56. The smallest absolute Gasteiger partial charge is 0.344 e. The van der Waals surface area contributed by atoms with E-state index >= 15 is 0 Å². The quantitative estimate of drug-likeness (QED) is 0.501. The number of carbonyl (C=O) groups excluding carboxylic acids is 1. The van der Waals surface area contributed by atoms with E-state index in [1.165, 1.54) is 0 Å².